The summed E-state index contributed by atoms with van der Waals surface area (Å²) in [6, 6.07) is 7.01. The van der Waals surface area contributed by atoms with Crippen molar-refractivity contribution in [1.29, 1.82) is 0 Å². The second-order valence-electron chi connectivity index (χ2n) is 14.9. The Balaban J connectivity index is 2.30. The van der Waals surface area contributed by atoms with Crippen LogP contribution in [0.3, 0.4) is 0 Å². The zero-order valence-electron chi connectivity index (χ0n) is 26.3. The molecular weight excluding hydrogens is 488 g/mol. The Labute approximate surface area is 235 Å². The van der Waals surface area contributed by atoms with E-state index < -0.39 is 17.9 Å². The van der Waals surface area contributed by atoms with E-state index in [1.165, 1.54) is 0 Å². The van der Waals surface area contributed by atoms with Crippen molar-refractivity contribution in [2.24, 2.45) is 0 Å². The first-order valence-electron chi connectivity index (χ1n) is 13.8. The van der Waals surface area contributed by atoms with Gasteiger partial charge in [-0.1, -0.05) is 95.2 Å². The van der Waals surface area contributed by atoms with Crippen molar-refractivity contribution in [2.75, 3.05) is 6.54 Å². The summed E-state index contributed by atoms with van der Waals surface area (Å²) in [7, 11) is 0. The number of carbonyl (C=O) groups excluding carboxylic acids is 2. The lowest BCUT2D eigenvalue weighted by Crippen LogP contribution is -2.42. The van der Waals surface area contributed by atoms with Gasteiger partial charge in [0, 0.05) is 23.7 Å². The third kappa shape index (κ3) is 7.77. The summed E-state index contributed by atoms with van der Waals surface area (Å²) in [5, 5.41) is 27.8. The standard InChI is InChI=1S/C33H50N2O4/c1-19(35-29(39)23-15-21(31(5,6)7)17-25(27(23)37)33(11,12)13)18-34-28(38)22-14-20(30(2,3)4)16-24(26(22)36)32(8,9)10/h14-17,19,36-37H,18H2,1-13H3,(H,34,38)(H,35,39). The Hall–Kier alpha value is -3.02. The third-order valence-electron chi connectivity index (χ3n) is 7.00. The van der Waals surface area contributed by atoms with Crippen LogP contribution in [-0.2, 0) is 21.7 Å². The van der Waals surface area contributed by atoms with Crippen LogP contribution in [0, 0.1) is 0 Å². The molecule has 1 unspecified atom stereocenters. The summed E-state index contributed by atoms with van der Waals surface area (Å²) in [5.74, 6) is -0.859. The zero-order valence-corrected chi connectivity index (χ0v) is 26.3. The van der Waals surface area contributed by atoms with Gasteiger partial charge in [-0.25, -0.2) is 0 Å². The molecule has 0 saturated heterocycles. The molecule has 39 heavy (non-hydrogen) atoms. The van der Waals surface area contributed by atoms with Crippen LogP contribution in [0.4, 0.5) is 0 Å². The molecule has 1 atom stereocenters. The van der Waals surface area contributed by atoms with E-state index in [1.54, 1.807) is 19.1 Å². The van der Waals surface area contributed by atoms with Gasteiger partial charge in [-0.05, 0) is 51.8 Å². The van der Waals surface area contributed by atoms with Gasteiger partial charge in [-0.3, -0.25) is 9.59 Å². The molecule has 0 radical (unpaired) electrons. The van der Waals surface area contributed by atoms with Crippen molar-refractivity contribution in [2.45, 2.75) is 118 Å². The highest BCUT2D eigenvalue weighted by molar-refractivity contribution is 5.99. The Bertz CT molecular complexity index is 1230. The molecular formula is C33H50N2O4. The first-order chi connectivity index (χ1) is 17.4. The average molecular weight is 539 g/mol. The lowest BCUT2D eigenvalue weighted by molar-refractivity contribution is 0.0908. The Morgan fingerprint density at radius 2 is 1.00 bits per heavy atom. The molecule has 0 aromatic heterocycles. The van der Waals surface area contributed by atoms with Crippen LogP contribution in [0.2, 0.25) is 0 Å². The normalized spacial score (nSPS) is 13.7. The molecule has 0 spiro atoms. The number of hydrogen-bond donors (Lipinski definition) is 4. The minimum atomic E-state index is -0.424. The van der Waals surface area contributed by atoms with Gasteiger partial charge in [0.15, 0.2) is 0 Å². The Kier molecular flexibility index (Phi) is 8.97. The lowest BCUT2D eigenvalue weighted by atomic mass is 9.78. The highest BCUT2D eigenvalue weighted by Crippen LogP contribution is 2.39. The summed E-state index contributed by atoms with van der Waals surface area (Å²) in [6.45, 7) is 26.4. The minimum absolute atomic E-state index is 0.0247. The van der Waals surface area contributed by atoms with Crippen LogP contribution < -0.4 is 10.6 Å². The van der Waals surface area contributed by atoms with Crippen molar-refractivity contribution >= 4 is 11.8 Å². The van der Waals surface area contributed by atoms with Crippen molar-refractivity contribution in [3.05, 3.63) is 57.6 Å². The smallest absolute Gasteiger partial charge is 0.255 e. The number of hydrogen-bond acceptors (Lipinski definition) is 4. The van der Waals surface area contributed by atoms with Gasteiger partial charge in [0.05, 0.1) is 11.1 Å². The van der Waals surface area contributed by atoms with Crippen LogP contribution in [-0.4, -0.2) is 34.6 Å². The van der Waals surface area contributed by atoms with E-state index in [9.17, 15) is 19.8 Å². The highest BCUT2D eigenvalue weighted by Gasteiger charge is 2.29. The van der Waals surface area contributed by atoms with Gasteiger partial charge in [0.25, 0.3) is 11.8 Å². The molecule has 6 nitrogen and oxygen atoms in total. The quantitative estimate of drug-likeness (QED) is 0.335. The monoisotopic (exact) mass is 538 g/mol. The Morgan fingerprint density at radius 1 is 0.641 bits per heavy atom. The first-order valence-corrected chi connectivity index (χ1v) is 13.8. The average Bonchev–Trinajstić information content (AvgIpc) is 2.74. The molecule has 2 aromatic rings. The van der Waals surface area contributed by atoms with E-state index in [4.69, 9.17) is 0 Å². The van der Waals surface area contributed by atoms with Crippen LogP contribution in [0.25, 0.3) is 0 Å². The van der Waals surface area contributed by atoms with Crippen molar-refractivity contribution in [1.82, 2.24) is 10.6 Å². The van der Waals surface area contributed by atoms with E-state index in [2.05, 4.69) is 52.2 Å². The number of phenolic OH excluding ortho intramolecular Hbond substituents is 2. The van der Waals surface area contributed by atoms with Gasteiger partial charge in [-0.2, -0.15) is 0 Å². The van der Waals surface area contributed by atoms with Gasteiger partial charge >= 0.3 is 0 Å². The molecule has 0 aliphatic carbocycles. The van der Waals surface area contributed by atoms with E-state index in [1.807, 2.05) is 53.7 Å². The van der Waals surface area contributed by atoms with Crippen LogP contribution in [0.5, 0.6) is 11.5 Å². The number of phenols is 2. The molecule has 0 fully saturated rings. The second-order valence-corrected chi connectivity index (χ2v) is 14.9. The molecule has 0 heterocycles. The molecule has 2 amide bonds. The number of benzene rings is 2. The van der Waals surface area contributed by atoms with Crippen molar-refractivity contribution in [3.63, 3.8) is 0 Å². The summed E-state index contributed by atoms with van der Waals surface area (Å²) < 4.78 is 0. The van der Waals surface area contributed by atoms with Gasteiger partial charge < -0.3 is 20.8 Å². The first kappa shape index (κ1) is 32.2. The molecule has 0 aliphatic heterocycles. The Morgan fingerprint density at radius 3 is 1.33 bits per heavy atom. The van der Waals surface area contributed by atoms with E-state index in [-0.39, 0.29) is 50.8 Å². The number of amides is 2. The lowest BCUT2D eigenvalue weighted by Gasteiger charge is -2.28. The minimum Gasteiger partial charge on any atom is -0.507 e. The van der Waals surface area contributed by atoms with Crippen molar-refractivity contribution in [3.8, 4) is 11.5 Å². The second kappa shape index (κ2) is 10.9. The summed E-state index contributed by atoms with van der Waals surface area (Å²) in [4.78, 5) is 26.5. The van der Waals surface area contributed by atoms with E-state index in [0.717, 1.165) is 11.1 Å². The van der Waals surface area contributed by atoms with Crippen LogP contribution in [0.15, 0.2) is 24.3 Å². The molecule has 4 N–H and O–H groups in total. The fraction of sp³-hybridized carbons (Fsp3) is 0.576. The maximum Gasteiger partial charge on any atom is 0.255 e. The summed E-state index contributed by atoms with van der Waals surface area (Å²) in [6.07, 6.45) is 0. The van der Waals surface area contributed by atoms with Gasteiger partial charge in [-0.15, -0.1) is 0 Å². The molecule has 0 saturated carbocycles. The van der Waals surface area contributed by atoms with Crippen LogP contribution >= 0.6 is 0 Å². The number of nitrogens with one attached hydrogen (secondary N) is 2. The fourth-order valence-corrected chi connectivity index (χ4v) is 4.32. The highest BCUT2D eigenvalue weighted by atomic mass is 16.3. The molecule has 6 heteroatoms. The van der Waals surface area contributed by atoms with E-state index in [0.29, 0.717) is 11.1 Å². The summed E-state index contributed by atoms with van der Waals surface area (Å²) >= 11 is 0. The SMILES string of the molecule is CC(CNC(=O)c1cc(C(C)(C)C)cc(C(C)(C)C)c1O)NC(=O)c1cc(C(C)(C)C)cc(C(C)(C)C)c1O. The summed E-state index contributed by atoms with van der Waals surface area (Å²) in [5.41, 5.74) is 2.66. The van der Waals surface area contributed by atoms with Crippen molar-refractivity contribution < 1.29 is 19.8 Å². The largest absolute Gasteiger partial charge is 0.507 e. The molecule has 0 bridgehead atoms. The third-order valence-corrected chi connectivity index (χ3v) is 7.00. The molecule has 0 aliphatic rings. The van der Waals surface area contributed by atoms with Gasteiger partial charge in [0.2, 0.25) is 0 Å². The molecule has 2 aromatic carbocycles. The number of aromatic hydroxyl groups is 2. The number of carbonyl (C=O) groups is 2. The fourth-order valence-electron chi connectivity index (χ4n) is 4.32. The maximum absolute atomic E-state index is 13.3. The zero-order chi connectivity index (χ0) is 30.3. The topological polar surface area (TPSA) is 98.7 Å². The van der Waals surface area contributed by atoms with E-state index >= 15 is 0 Å². The predicted octanol–water partition coefficient (Wildman–Crippen LogP) is 6.84. The number of rotatable bonds is 5. The van der Waals surface area contributed by atoms with Crippen LogP contribution in [0.1, 0.15) is 133 Å². The molecule has 2 rings (SSSR count). The maximum atomic E-state index is 13.3. The predicted molar refractivity (Wildman–Crippen MR) is 160 cm³/mol. The van der Waals surface area contributed by atoms with Gasteiger partial charge in [0.1, 0.15) is 11.5 Å². The molecule has 216 valence electrons.